The number of pyridine rings is 1. The summed E-state index contributed by atoms with van der Waals surface area (Å²) >= 11 is 0. The van der Waals surface area contributed by atoms with E-state index >= 15 is 0 Å². The Morgan fingerprint density at radius 2 is 2.07 bits per heavy atom. The first-order chi connectivity index (χ1) is 7.31. The average Bonchev–Trinajstić information content (AvgIpc) is 2.30. The molecule has 1 aliphatic heterocycles. The molecule has 1 aromatic rings. The van der Waals surface area contributed by atoms with Crippen molar-refractivity contribution in [2.45, 2.75) is 19.3 Å². The predicted molar refractivity (Wildman–Crippen MR) is 59.8 cm³/mol. The molecule has 0 unspecified atom stereocenters. The van der Waals surface area contributed by atoms with Crippen molar-refractivity contribution in [1.29, 1.82) is 0 Å². The highest BCUT2D eigenvalue weighted by Crippen LogP contribution is 2.22. The number of piperidine rings is 1. The molecular weight excluding hydrogens is 193 g/mol. The average molecular weight is 209 g/mol. The van der Waals surface area contributed by atoms with Crippen LogP contribution >= 0.6 is 0 Å². The van der Waals surface area contributed by atoms with Crippen LogP contribution in [0.1, 0.15) is 19.3 Å². The Morgan fingerprint density at radius 1 is 1.33 bits per heavy atom. The maximum absolute atomic E-state index is 13.7. The van der Waals surface area contributed by atoms with E-state index < -0.39 is 0 Å². The summed E-state index contributed by atoms with van der Waals surface area (Å²) in [5.74, 6) is 0.262. The Morgan fingerprint density at radius 3 is 2.67 bits per heavy atom. The summed E-state index contributed by atoms with van der Waals surface area (Å²) in [5, 5.41) is 2.88. The molecule has 0 atom stereocenters. The summed E-state index contributed by atoms with van der Waals surface area (Å²) < 4.78 is 13.7. The summed E-state index contributed by atoms with van der Waals surface area (Å²) in [7, 11) is 1.76. The summed E-state index contributed by atoms with van der Waals surface area (Å²) in [6.07, 6.45) is 5.18. The minimum absolute atomic E-state index is 0.233. The first kappa shape index (κ1) is 10.2. The van der Waals surface area contributed by atoms with Gasteiger partial charge in [-0.25, -0.2) is 9.37 Å². The molecule has 0 saturated carbocycles. The maximum atomic E-state index is 13.7. The van der Waals surface area contributed by atoms with Gasteiger partial charge >= 0.3 is 0 Å². The standard InChI is InChI=1S/C11H16FN3/c1-13-9-7-10(12)11(14-8-9)15-5-3-2-4-6-15/h7-8,13H,2-6H2,1H3. The number of anilines is 2. The van der Waals surface area contributed by atoms with Crippen LogP contribution in [0.5, 0.6) is 0 Å². The molecule has 82 valence electrons. The van der Waals surface area contributed by atoms with Gasteiger partial charge in [-0.15, -0.1) is 0 Å². The molecule has 2 heterocycles. The van der Waals surface area contributed by atoms with Gasteiger partial charge in [0.15, 0.2) is 11.6 Å². The Balaban J connectivity index is 2.19. The molecule has 0 radical (unpaired) electrons. The van der Waals surface area contributed by atoms with Crippen LogP contribution in [0.15, 0.2) is 12.3 Å². The first-order valence-corrected chi connectivity index (χ1v) is 5.39. The Kier molecular flexibility index (Phi) is 3.04. The molecule has 1 aliphatic rings. The molecule has 1 aromatic heterocycles. The highest BCUT2D eigenvalue weighted by atomic mass is 19.1. The van der Waals surface area contributed by atoms with E-state index in [1.807, 2.05) is 4.90 Å². The molecule has 1 fully saturated rings. The third-order valence-corrected chi connectivity index (χ3v) is 2.77. The second-order valence-corrected chi connectivity index (χ2v) is 3.83. The van der Waals surface area contributed by atoms with Crippen LogP contribution < -0.4 is 10.2 Å². The van der Waals surface area contributed by atoms with Gasteiger partial charge in [0, 0.05) is 26.2 Å². The Hall–Kier alpha value is -1.32. The molecule has 1 saturated heterocycles. The van der Waals surface area contributed by atoms with E-state index in [1.165, 1.54) is 12.5 Å². The van der Waals surface area contributed by atoms with Gasteiger partial charge in [0.05, 0.1) is 11.9 Å². The Bertz CT molecular complexity index is 335. The fourth-order valence-corrected chi connectivity index (χ4v) is 1.91. The zero-order valence-electron chi connectivity index (χ0n) is 8.96. The molecule has 0 aliphatic carbocycles. The first-order valence-electron chi connectivity index (χ1n) is 5.39. The minimum atomic E-state index is -0.233. The van der Waals surface area contributed by atoms with Crippen LogP contribution in [0, 0.1) is 5.82 Å². The third kappa shape index (κ3) is 2.19. The third-order valence-electron chi connectivity index (χ3n) is 2.77. The van der Waals surface area contributed by atoms with Crippen molar-refractivity contribution in [3.8, 4) is 0 Å². The van der Waals surface area contributed by atoms with Crippen LogP contribution in [0.2, 0.25) is 0 Å². The highest BCUT2D eigenvalue weighted by molar-refractivity contribution is 5.49. The molecule has 0 amide bonds. The SMILES string of the molecule is CNc1cnc(N2CCCCC2)c(F)c1. The van der Waals surface area contributed by atoms with Gasteiger partial charge in [-0.2, -0.15) is 0 Å². The van der Waals surface area contributed by atoms with Crippen molar-refractivity contribution in [3.63, 3.8) is 0 Å². The fourth-order valence-electron chi connectivity index (χ4n) is 1.91. The lowest BCUT2D eigenvalue weighted by molar-refractivity contribution is 0.550. The van der Waals surface area contributed by atoms with Crippen molar-refractivity contribution in [3.05, 3.63) is 18.1 Å². The van der Waals surface area contributed by atoms with Gasteiger partial charge in [0.2, 0.25) is 0 Å². The molecular formula is C11H16FN3. The fraction of sp³-hybridized carbons (Fsp3) is 0.545. The zero-order chi connectivity index (χ0) is 10.7. The van der Waals surface area contributed by atoms with Crippen LogP contribution in [-0.2, 0) is 0 Å². The van der Waals surface area contributed by atoms with Gasteiger partial charge < -0.3 is 10.2 Å². The predicted octanol–water partition coefficient (Wildman–Crippen LogP) is 2.25. The van der Waals surface area contributed by atoms with Gasteiger partial charge in [-0.1, -0.05) is 0 Å². The number of hydrogen-bond donors (Lipinski definition) is 1. The largest absolute Gasteiger partial charge is 0.387 e. The number of nitrogens with one attached hydrogen (secondary N) is 1. The number of nitrogens with zero attached hydrogens (tertiary/aromatic N) is 2. The van der Waals surface area contributed by atoms with E-state index in [4.69, 9.17) is 0 Å². The second-order valence-electron chi connectivity index (χ2n) is 3.83. The highest BCUT2D eigenvalue weighted by Gasteiger charge is 2.15. The van der Waals surface area contributed by atoms with Crippen molar-refractivity contribution < 1.29 is 4.39 Å². The van der Waals surface area contributed by atoms with Gasteiger partial charge in [0.1, 0.15) is 0 Å². The topological polar surface area (TPSA) is 28.2 Å². The summed E-state index contributed by atoms with van der Waals surface area (Å²) in [6.45, 7) is 1.84. The molecule has 2 rings (SSSR count). The van der Waals surface area contributed by atoms with Crippen LogP contribution in [0.4, 0.5) is 15.9 Å². The summed E-state index contributed by atoms with van der Waals surface area (Å²) in [4.78, 5) is 6.19. The lowest BCUT2D eigenvalue weighted by atomic mass is 10.1. The van der Waals surface area contributed by atoms with E-state index in [2.05, 4.69) is 10.3 Å². The molecule has 3 nitrogen and oxygen atoms in total. The van der Waals surface area contributed by atoms with E-state index in [-0.39, 0.29) is 5.82 Å². The van der Waals surface area contributed by atoms with Gasteiger partial charge in [0.25, 0.3) is 0 Å². The lowest BCUT2D eigenvalue weighted by Crippen LogP contribution is -2.30. The molecule has 1 N–H and O–H groups in total. The number of halogens is 1. The Labute approximate surface area is 89.3 Å². The quantitative estimate of drug-likeness (QED) is 0.809. The van der Waals surface area contributed by atoms with Crippen LogP contribution in [0.3, 0.4) is 0 Å². The minimum Gasteiger partial charge on any atom is -0.387 e. The zero-order valence-corrected chi connectivity index (χ0v) is 8.96. The van der Waals surface area contributed by atoms with E-state index in [0.29, 0.717) is 11.5 Å². The number of rotatable bonds is 2. The second kappa shape index (κ2) is 4.47. The normalized spacial score (nSPS) is 16.5. The molecule has 0 spiro atoms. The van der Waals surface area contributed by atoms with Crippen LogP contribution in [-0.4, -0.2) is 25.1 Å². The maximum Gasteiger partial charge on any atom is 0.167 e. The van der Waals surface area contributed by atoms with Gasteiger partial charge in [-0.05, 0) is 19.3 Å². The number of aromatic nitrogens is 1. The van der Waals surface area contributed by atoms with E-state index in [0.717, 1.165) is 25.9 Å². The smallest absolute Gasteiger partial charge is 0.167 e. The van der Waals surface area contributed by atoms with Crippen molar-refractivity contribution in [1.82, 2.24) is 4.98 Å². The van der Waals surface area contributed by atoms with Crippen molar-refractivity contribution in [2.75, 3.05) is 30.4 Å². The molecule has 15 heavy (non-hydrogen) atoms. The van der Waals surface area contributed by atoms with Crippen molar-refractivity contribution in [2.24, 2.45) is 0 Å². The van der Waals surface area contributed by atoms with Crippen molar-refractivity contribution >= 4 is 11.5 Å². The van der Waals surface area contributed by atoms with E-state index in [1.54, 1.807) is 13.2 Å². The molecule has 0 aromatic carbocycles. The summed E-state index contributed by atoms with van der Waals surface area (Å²) in [5.41, 5.74) is 0.716. The summed E-state index contributed by atoms with van der Waals surface area (Å²) in [6, 6.07) is 1.50. The molecule has 0 bridgehead atoms. The van der Waals surface area contributed by atoms with Gasteiger partial charge in [-0.3, -0.25) is 0 Å². The molecule has 4 heteroatoms. The number of hydrogen-bond acceptors (Lipinski definition) is 3. The van der Waals surface area contributed by atoms with Crippen LogP contribution in [0.25, 0.3) is 0 Å². The lowest BCUT2D eigenvalue weighted by Gasteiger charge is -2.27. The monoisotopic (exact) mass is 209 g/mol. The van der Waals surface area contributed by atoms with E-state index in [9.17, 15) is 4.39 Å².